The normalized spacial score (nSPS) is 13.3. The molecule has 2 rings (SSSR count). The molecule has 0 fully saturated rings. The van der Waals surface area contributed by atoms with Gasteiger partial charge in [-0.2, -0.15) is 0 Å². The quantitative estimate of drug-likeness (QED) is 0.445. The number of rotatable bonds is 8. The van der Waals surface area contributed by atoms with Crippen LogP contribution in [0.4, 0.5) is 0 Å². The second-order valence-corrected chi connectivity index (χ2v) is 5.75. The van der Waals surface area contributed by atoms with E-state index >= 15 is 0 Å². The van der Waals surface area contributed by atoms with Crippen molar-refractivity contribution in [2.24, 2.45) is 0 Å². The monoisotopic (exact) mass is 347 g/mol. The largest absolute Gasteiger partial charge is 0.490 e. The van der Waals surface area contributed by atoms with Crippen LogP contribution in [0.2, 0.25) is 0 Å². The van der Waals surface area contributed by atoms with Crippen LogP contribution in [0.15, 0.2) is 24.3 Å². The van der Waals surface area contributed by atoms with E-state index in [2.05, 4.69) is 12.2 Å². The summed E-state index contributed by atoms with van der Waals surface area (Å²) in [5.74, 6) is 0.528. The summed E-state index contributed by atoms with van der Waals surface area (Å²) >= 11 is 0. The number of fused-ring (bicyclic) bond motifs is 1. The molecule has 136 valence electrons. The molecule has 0 radical (unpaired) electrons. The van der Waals surface area contributed by atoms with Crippen molar-refractivity contribution in [3.8, 4) is 11.5 Å². The minimum absolute atomic E-state index is 0.267. The van der Waals surface area contributed by atoms with Gasteiger partial charge < -0.3 is 19.5 Å². The fourth-order valence-corrected chi connectivity index (χ4v) is 2.29. The van der Waals surface area contributed by atoms with Gasteiger partial charge in [0.15, 0.2) is 18.1 Å². The molecule has 1 aromatic carbocycles. The van der Waals surface area contributed by atoms with Gasteiger partial charge in [0.05, 0.1) is 13.2 Å². The molecule has 0 spiro atoms. The Kier molecular flexibility index (Phi) is 7.82. The molecule has 6 nitrogen and oxygen atoms in total. The second kappa shape index (κ2) is 10.4. The Labute approximate surface area is 148 Å². The van der Waals surface area contributed by atoms with Crippen molar-refractivity contribution in [3.05, 3.63) is 29.8 Å². The zero-order valence-electron chi connectivity index (χ0n) is 14.6. The van der Waals surface area contributed by atoms with Gasteiger partial charge in [-0.15, -0.1) is 0 Å². The van der Waals surface area contributed by atoms with Crippen LogP contribution in [-0.2, 0) is 14.3 Å². The van der Waals surface area contributed by atoms with E-state index in [4.69, 9.17) is 14.2 Å². The lowest BCUT2D eigenvalue weighted by atomic mass is 10.2. The summed E-state index contributed by atoms with van der Waals surface area (Å²) in [4.78, 5) is 23.2. The van der Waals surface area contributed by atoms with E-state index in [1.165, 1.54) is 6.08 Å². The number of carbonyl (C=O) groups excluding carboxylic acids is 2. The SMILES string of the molecule is CCCCCNC(=O)COC(=O)/C=C/c1ccc2c(c1)OCCCO2. The summed E-state index contributed by atoms with van der Waals surface area (Å²) < 4.78 is 16.1. The van der Waals surface area contributed by atoms with E-state index in [9.17, 15) is 9.59 Å². The zero-order chi connectivity index (χ0) is 17.9. The van der Waals surface area contributed by atoms with Gasteiger partial charge in [0.25, 0.3) is 5.91 Å². The van der Waals surface area contributed by atoms with Crippen molar-refractivity contribution in [1.82, 2.24) is 5.32 Å². The van der Waals surface area contributed by atoms with Crippen molar-refractivity contribution >= 4 is 18.0 Å². The molecule has 1 aliphatic rings. The third-order valence-corrected chi connectivity index (χ3v) is 3.63. The maximum Gasteiger partial charge on any atom is 0.331 e. The fraction of sp³-hybridized carbons (Fsp3) is 0.474. The molecule has 1 amide bonds. The highest BCUT2D eigenvalue weighted by Crippen LogP contribution is 2.30. The average molecular weight is 347 g/mol. The minimum atomic E-state index is -0.559. The van der Waals surface area contributed by atoms with E-state index in [0.717, 1.165) is 31.2 Å². The summed E-state index contributed by atoms with van der Waals surface area (Å²) in [5.41, 5.74) is 0.796. The lowest BCUT2D eigenvalue weighted by molar-refractivity contribution is -0.143. The van der Waals surface area contributed by atoms with Crippen LogP contribution in [0.25, 0.3) is 6.08 Å². The molecule has 1 N–H and O–H groups in total. The first-order valence-electron chi connectivity index (χ1n) is 8.70. The molecule has 25 heavy (non-hydrogen) atoms. The molecule has 0 aliphatic carbocycles. The van der Waals surface area contributed by atoms with Crippen molar-refractivity contribution in [3.63, 3.8) is 0 Å². The summed E-state index contributed by atoms with van der Waals surface area (Å²) in [7, 11) is 0. The molecule has 0 saturated heterocycles. The van der Waals surface area contributed by atoms with Crippen molar-refractivity contribution in [2.75, 3.05) is 26.4 Å². The van der Waals surface area contributed by atoms with Crippen LogP contribution in [0, 0.1) is 0 Å². The predicted molar refractivity (Wildman–Crippen MR) is 94.6 cm³/mol. The Balaban J connectivity index is 1.76. The van der Waals surface area contributed by atoms with E-state index < -0.39 is 5.97 Å². The number of unbranched alkanes of at least 4 members (excludes halogenated alkanes) is 2. The number of ether oxygens (including phenoxy) is 3. The summed E-state index contributed by atoms with van der Waals surface area (Å²) in [6, 6.07) is 5.46. The minimum Gasteiger partial charge on any atom is -0.490 e. The van der Waals surface area contributed by atoms with Crippen molar-refractivity contribution < 1.29 is 23.8 Å². The predicted octanol–water partition coefficient (Wildman–Crippen LogP) is 2.71. The van der Waals surface area contributed by atoms with Gasteiger partial charge in [0.2, 0.25) is 0 Å². The second-order valence-electron chi connectivity index (χ2n) is 5.75. The number of nitrogens with one attached hydrogen (secondary N) is 1. The molecule has 1 aliphatic heterocycles. The van der Waals surface area contributed by atoms with E-state index in [1.807, 2.05) is 18.2 Å². The highest BCUT2D eigenvalue weighted by molar-refractivity contribution is 5.89. The molecule has 1 heterocycles. The fourth-order valence-electron chi connectivity index (χ4n) is 2.29. The highest BCUT2D eigenvalue weighted by atomic mass is 16.5. The van der Waals surface area contributed by atoms with Crippen LogP contribution in [-0.4, -0.2) is 38.2 Å². The van der Waals surface area contributed by atoms with Crippen LogP contribution >= 0.6 is 0 Å². The smallest absolute Gasteiger partial charge is 0.331 e. The van der Waals surface area contributed by atoms with Gasteiger partial charge in [-0.3, -0.25) is 4.79 Å². The topological polar surface area (TPSA) is 73.9 Å². The van der Waals surface area contributed by atoms with Crippen molar-refractivity contribution in [2.45, 2.75) is 32.6 Å². The number of carbonyl (C=O) groups is 2. The summed E-state index contributed by atoms with van der Waals surface area (Å²) in [6.45, 7) is 3.68. The average Bonchev–Trinajstić information content (AvgIpc) is 2.86. The van der Waals surface area contributed by atoms with Crippen LogP contribution in [0.1, 0.15) is 38.2 Å². The maximum absolute atomic E-state index is 11.7. The molecular formula is C19H25NO5. The van der Waals surface area contributed by atoms with Gasteiger partial charge in [0, 0.05) is 19.0 Å². The Morgan fingerprint density at radius 3 is 2.80 bits per heavy atom. The molecular weight excluding hydrogens is 322 g/mol. The number of benzene rings is 1. The van der Waals surface area contributed by atoms with Crippen molar-refractivity contribution in [1.29, 1.82) is 0 Å². The molecule has 0 bridgehead atoms. The third-order valence-electron chi connectivity index (χ3n) is 3.63. The summed E-state index contributed by atoms with van der Waals surface area (Å²) in [5, 5.41) is 2.72. The first kappa shape index (κ1) is 18.8. The highest BCUT2D eigenvalue weighted by Gasteiger charge is 2.10. The molecule has 0 unspecified atom stereocenters. The van der Waals surface area contributed by atoms with E-state index in [0.29, 0.717) is 31.3 Å². The first-order chi connectivity index (χ1) is 12.2. The van der Waals surface area contributed by atoms with Crippen LogP contribution in [0.5, 0.6) is 11.5 Å². The van der Waals surface area contributed by atoms with Gasteiger partial charge >= 0.3 is 5.97 Å². The van der Waals surface area contributed by atoms with E-state index in [1.54, 1.807) is 6.08 Å². The van der Waals surface area contributed by atoms with Crippen LogP contribution < -0.4 is 14.8 Å². The van der Waals surface area contributed by atoms with Gasteiger partial charge in [-0.1, -0.05) is 25.8 Å². The van der Waals surface area contributed by atoms with Crippen LogP contribution in [0.3, 0.4) is 0 Å². The molecule has 6 heteroatoms. The molecule has 1 aromatic rings. The lowest BCUT2D eigenvalue weighted by Gasteiger charge is -2.07. The first-order valence-corrected chi connectivity index (χ1v) is 8.70. The van der Waals surface area contributed by atoms with Gasteiger partial charge in [-0.25, -0.2) is 4.79 Å². The standard InChI is InChI=1S/C19H25NO5/c1-2-3-4-10-20-18(21)14-25-19(22)9-7-15-6-8-16-17(13-15)24-12-5-11-23-16/h6-9,13H,2-5,10-12,14H2,1H3,(H,20,21)/b9-7+. The summed E-state index contributed by atoms with van der Waals surface area (Å²) in [6.07, 6.45) is 6.85. The maximum atomic E-state index is 11.7. The van der Waals surface area contributed by atoms with Gasteiger partial charge in [-0.05, 0) is 30.2 Å². The number of esters is 1. The molecule has 0 atom stereocenters. The lowest BCUT2D eigenvalue weighted by Crippen LogP contribution is -2.29. The Morgan fingerprint density at radius 1 is 1.20 bits per heavy atom. The number of hydrogen-bond acceptors (Lipinski definition) is 5. The third kappa shape index (κ3) is 6.87. The van der Waals surface area contributed by atoms with Gasteiger partial charge in [0.1, 0.15) is 0 Å². The Morgan fingerprint density at radius 2 is 2.00 bits per heavy atom. The number of amides is 1. The Bertz CT molecular complexity index is 612. The molecule has 0 saturated carbocycles. The number of hydrogen-bond donors (Lipinski definition) is 1. The zero-order valence-corrected chi connectivity index (χ0v) is 14.6. The van der Waals surface area contributed by atoms with E-state index in [-0.39, 0.29) is 12.5 Å². The molecule has 0 aromatic heterocycles. The Hall–Kier alpha value is -2.50.